The van der Waals surface area contributed by atoms with Gasteiger partial charge in [0.15, 0.2) is 11.5 Å². The van der Waals surface area contributed by atoms with Crippen molar-refractivity contribution < 1.29 is 19.4 Å². The van der Waals surface area contributed by atoms with E-state index < -0.39 is 5.91 Å². The molecular formula is C17H17N3O4. The standard InChI is InChI=1S/C17H17N3O4/c1-24-15-3-2-10(6-14(15)21)11-7-16(22)20(9-11)12-4-5-19-13(8-12)17(18)23/h2-6,8,11,21H,7,9H2,1H3,(H2,18,23)/t11-/m0/s1. The Kier molecular flexibility index (Phi) is 4.07. The highest BCUT2D eigenvalue weighted by molar-refractivity contribution is 5.98. The molecule has 2 aromatic rings. The normalized spacial score (nSPS) is 17.1. The smallest absolute Gasteiger partial charge is 0.267 e. The number of benzene rings is 1. The summed E-state index contributed by atoms with van der Waals surface area (Å²) in [6, 6.07) is 8.30. The number of aromatic nitrogens is 1. The molecule has 7 nitrogen and oxygen atoms in total. The maximum Gasteiger partial charge on any atom is 0.267 e. The first-order valence-electron chi connectivity index (χ1n) is 7.42. The van der Waals surface area contributed by atoms with Crippen LogP contribution in [0.4, 0.5) is 5.69 Å². The molecule has 0 unspecified atom stereocenters. The third-order valence-corrected chi connectivity index (χ3v) is 4.11. The highest BCUT2D eigenvalue weighted by atomic mass is 16.5. The number of pyridine rings is 1. The van der Waals surface area contributed by atoms with E-state index in [1.165, 1.54) is 19.4 Å². The Morgan fingerprint density at radius 3 is 2.83 bits per heavy atom. The number of nitrogens with two attached hydrogens (primary N) is 1. The van der Waals surface area contributed by atoms with Crippen LogP contribution in [0.3, 0.4) is 0 Å². The van der Waals surface area contributed by atoms with Crippen LogP contribution in [-0.4, -0.2) is 35.6 Å². The van der Waals surface area contributed by atoms with E-state index in [1.54, 1.807) is 23.1 Å². The monoisotopic (exact) mass is 327 g/mol. The summed E-state index contributed by atoms with van der Waals surface area (Å²) in [7, 11) is 1.48. The number of hydrogen-bond donors (Lipinski definition) is 2. The Labute approximate surface area is 138 Å². The molecule has 1 fully saturated rings. The number of anilines is 1. The molecule has 1 aromatic heterocycles. The molecule has 0 spiro atoms. The van der Waals surface area contributed by atoms with Gasteiger partial charge in [0.05, 0.1) is 7.11 Å². The Hall–Kier alpha value is -3.09. The van der Waals surface area contributed by atoms with E-state index in [1.807, 2.05) is 6.07 Å². The van der Waals surface area contributed by atoms with Gasteiger partial charge in [0.2, 0.25) is 5.91 Å². The number of ether oxygens (including phenoxy) is 1. The van der Waals surface area contributed by atoms with Crippen molar-refractivity contribution in [3.05, 3.63) is 47.8 Å². The lowest BCUT2D eigenvalue weighted by molar-refractivity contribution is -0.117. The number of hydrogen-bond acceptors (Lipinski definition) is 5. The average molecular weight is 327 g/mol. The van der Waals surface area contributed by atoms with Gasteiger partial charge in [0.1, 0.15) is 5.69 Å². The number of nitrogens with zero attached hydrogens (tertiary/aromatic N) is 2. The fourth-order valence-electron chi connectivity index (χ4n) is 2.86. The van der Waals surface area contributed by atoms with E-state index in [2.05, 4.69) is 4.98 Å². The summed E-state index contributed by atoms with van der Waals surface area (Å²) in [4.78, 5) is 29.1. The van der Waals surface area contributed by atoms with Gasteiger partial charge >= 0.3 is 0 Å². The topological polar surface area (TPSA) is 106 Å². The van der Waals surface area contributed by atoms with Gasteiger partial charge in [-0.3, -0.25) is 14.6 Å². The van der Waals surface area contributed by atoms with Gasteiger partial charge in [0.25, 0.3) is 5.91 Å². The minimum atomic E-state index is -0.639. The number of phenolic OH excluding ortho intramolecular Hbond substituents is 1. The van der Waals surface area contributed by atoms with Gasteiger partial charge in [-0.2, -0.15) is 0 Å². The van der Waals surface area contributed by atoms with Crippen LogP contribution in [0.25, 0.3) is 0 Å². The first-order chi connectivity index (χ1) is 11.5. The molecule has 1 atom stereocenters. The lowest BCUT2D eigenvalue weighted by Gasteiger charge is -2.17. The molecule has 3 rings (SSSR count). The van der Waals surface area contributed by atoms with Gasteiger partial charge in [-0.05, 0) is 29.8 Å². The minimum Gasteiger partial charge on any atom is -0.504 e. The van der Waals surface area contributed by atoms with Crippen LogP contribution in [0.15, 0.2) is 36.5 Å². The highest BCUT2D eigenvalue weighted by Gasteiger charge is 2.32. The molecule has 124 valence electrons. The third-order valence-electron chi connectivity index (χ3n) is 4.11. The number of primary amides is 1. The van der Waals surface area contributed by atoms with Crippen LogP contribution in [0.1, 0.15) is 28.4 Å². The van der Waals surface area contributed by atoms with Gasteiger partial charge in [-0.25, -0.2) is 0 Å². The second kappa shape index (κ2) is 6.19. The van der Waals surface area contributed by atoms with Crippen molar-refractivity contribution in [2.45, 2.75) is 12.3 Å². The summed E-state index contributed by atoms with van der Waals surface area (Å²) in [5.41, 5.74) is 6.79. The second-order valence-electron chi connectivity index (χ2n) is 5.60. The summed E-state index contributed by atoms with van der Waals surface area (Å²) < 4.78 is 5.03. The van der Waals surface area contributed by atoms with Crippen molar-refractivity contribution in [1.82, 2.24) is 4.98 Å². The van der Waals surface area contributed by atoms with E-state index >= 15 is 0 Å². The zero-order valence-electron chi connectivity index (χ0n) is 13.1. The molecule has 24 heavy (non-hydrogen) atoms. The predicted molar refractivity (Wildman–Crippen MR) is 87.1 cm³/mol. The number of rotatable bonds is 4. The molecule has 1 aromatic carbocycles. The molecule has 2 heterocycles. The van der Waals surface area contributed by atoms with Crippen molar-refractivity contribution in [1.29, 1.82) is 0 Å². The summed E-state index contributed by atoms with van der Waals surface area (Å²) in [6.07, 6.45) is 1.77. The van der Waals surface area contributed by atoms with Crippen LogP contribution >= 0.6 is 0 Å². The van der Waals surface area contributed by atoms with Crippen LogP contribution in [0.5, 0.6) is 11.5 Å². The van der Waals surface area contributed by atoms with E-state index in [4.69, 9.17) is 10.5 Å². The summed E-state index contributed by atoms with van der Waals surface area (Å²) in [6.45, 7) is 0.451. The molecule has 0 saturated carbocycles. The predicted octanol–water partition coefficient (Wildman–Crippen LogP) is 1.42. The van der Waals surface area contributed by atoms with Crippen LogP contribution in [-0.2, 0) is 4.79 Å². The van der Waals surface area contributed by atoms with E-state index in [-0.39, 0.29) is 23.3 Å². The van der Waals surface area contributed by atoms with Gasteiger partial charge < -0.3 is 20.5 Å². The van der Waals surface area contributed by atoms with Gasteiger partial charge in [0, 0.05) is 30.8 Å². The lowest BCUT2D eigenvalue weighted by Crippen LogP contribution is -2.25. The molecule has 7 heteroatoms. The Bertz CT molecular complexity index is 806. The molecule has 0 aliphatic carbocycles. The van der Waals surface area contributed by atoms with Gasteiger partial charge in [-0.15, -0.1) is 0 Å². The summed E-state index contributed by atoms with van der Waals surface area (Å²) in [5, 5.41) is 9.91. The molecule has 1 saturated heterocycles. The van der Waals surface area contributed by atoms with E-state index in [0.29, 0.717) is 24.4 Å². The zero-order valence-corrected chi connectivity index (χ0v) is 13.1. The highest BCUT2D eigenvalue weighted by Crippen LogP contribution is 2.35. The molecule has 1 aliphatic heterocycles. The fourth-order valence-corrected chi connectivity index (χ4v) is 2.86. The van der Waals surface area contributed by atoms with Gasteiger partial charge in [-0.1, -0.05) is 6.07 Å². The van der Waals surface area contributed by atoms with Crippen molar-refractivity contribution in [3.63, 3.8) is 0 Å². The quantitative estimate of drug-likeness (QED) is 0.883. The maximum atomic E-state index is 12.3. The first kappa shape index (κ1) is 15.8. The fraction of sp³-hybridized carbons (Fsp3) is 0.235. The lowest BCUT2D eigenvalue weighted by atomic mass is 9.98. The Morgan fingerprint density at radius 2 is 2.17 bits per heavy atom. The SMILES string of the molecule is COc1ccc([C@H]2CC(=O)N(c3ccnc(C(N)=O)c3)C2)cc1O. The van der Waals surface area contributed by atoms with Crippen LogP contribution < -0.4 is 15.4 Å². The van der Waals surface area contributed by atoms with Crippen molar-refractivity contribution in [2.24, 2.45) is 5.73 Å². The van der Waals surface area contributed by atoms with Crippen LogP contribution in [0.2, 0.25) is 0 Å². The molecule has 3 N–H and O–H groups in total. The number of amides is 2. The first-order valence-corrected chi connectivity index (χ1v) is 7.42. The number of carbonyl (C=O) groups excluding carboxylic acids is 2. The van der Waals surface area contributed by atoms with E-state index in [0.717, 1.165) is 5.56 Å². The number of carbonyl (C=O) groups is 2. The maximum absolute atomic E-state index is 12.3. The molecule has 0 bridgehead atoms. The Balaban J connectivity index is 1.84. The largest absolute Gasteiger partial charge is 0.504 e. The van der Waals surface area contributed by atoms with Crippen LogP contribution in [0, 0.1) is 0 Å². The minimum absolute atomic E-state index is 0.0424. The average Bonchev–Trinajstić information content (AvgIpc) is 2.96. The Morgan fingerprint density at radius 1 is 1.38 bits per heavy atom. The number of aromatic hydroxyl groups is 1. The molecule has 0 radical (unpaired) electrons. The summed E-state index contributed by atoms with van der Waals surface area (Å²) in [5.74, 6) is -0.322. The molecular weight excluding hydrogens is 310 g/mol. The molecule has 1 aliphatic rings. The number of phenols is 1. The van der Waals surface area contributed by atoms with E-state index in [9.17, 15) is 14.7 Å². The second-order valence-corrected chi connectivity index (χ2v) is 5.60. The van der Waals surface area contributed by atoms with Crippen molar-refractivity contribution in [2.75, 3.05) is 18.6 Å². The van der Waals surface area contributed by atoms with Crippen molar-refractivity contribution in [3.8, 4) is 11.5 Å². The number of methoxy groups -OCH3 is 1. The van der Waals surface area contributed by atoms with Crippen molar-refractivity contribution >= 4 is 17.5 Å². The third kappa shape index (κ3) is 2.88. The molecule has 2 amide bonds. The summed E-state index contributed by atoms with van der Waals surface area (Å²) >= 11 is 0. The zero-order chi connectivity index (χ0) is 17.3.